The molecule has 0 aromatic carbocycles. The second-order valence-corrected chi connectivity index (χ2v) is 4.92. The molecule has 0 aliphatic carbocycles. The number of ether oxygens (including phenoxy) is 1. The van der Waals surface area contributed by atoms with Gasteiger partial charge in [-0.2, -0.15) is 5.10 Å². The van der Waals surface area contributed by atoms with Crippen molar-refractivity contribution in [1.29, 1.82) is 0 Å². The number of nitrogens with two attached hydrogens (primary N) is 1. The lowest BCUT2D eigenvalue weighted by Crippen LogP contribution is -2.42. The lowest BCUT2D eigenvalue weighted by atomic mass is 10.1. The molecule has 2 N–H and O–H groups in total. The molecule has 0 fully saturated rings. The summed E-state index contributed by atoms with van der Waals surface area (Å²) in [6.07, 6.45) is 5.14. The predicted molar refractivity (Wildman–Crippen MR) is 78.0 cm³/mol. The summed E-state index contributed by atoms with van der Waals surface area (Å²) in [5.74, 6) is 0. The van der Waals surface area contributed by atoms with Crippen molar-refractivity contribution in [1.82, 2.24) is 14.7 Å². The molecule has 1 heterocycles. The number of methoxy groups -OCH3 is 1. The highest BCUT2D eigenvalue weighted by molar-refractivity contribution is 5.11. The van der Waals surface area contributed by atoms with Crippen molar-refractivity contribution < 1.29 is 4.74 Å². The van der Waals surface area contributed by atoms with E-state index in [1.165, 1.54) is 5.56 Å². The first-order chi connectivity index (χ1) is 9.17. The van der Waals surface area contributed by atoms with Crippen molar-refractivity contribution in [3.05, 3.63) is 18.0 Å². The highest BCUT2D eigenvalue weighted by atomic mass is 16.5. The number of rotatable bonds is 9. The maximum atomic E-state index is 5.98. The molecule has 0 radical (unpaired) electrons. The maximum absolute atomic E-state index is 5.98. The van der Waals surface area contributed by atoms with E-state index >= 15 is 0 Å². The van der Waals surface area contributed by atoms with E-state index in [-0.39, 0.29) is 6.04 Å². The lowest BCUT2D eigenvalue weighted by Gasteiger charge is -2.34. The molecule has 0 aliphatic rings. The lowest BCUT2D eigenvalue weighted by molar-refractivity contribution is 0.0751. The average Bonchev–Trinajstić information content (AvgIpc) is 2.84. The number of nitrogens with zero attached hydrogens (tertiary/aromatic N) is 3. The minimum Gasteiger partial charge on any atom is -0.383 e. The SMILES string of the molecule is CCCn1cc(C(CN)N(CC)C(C)COC)cn1. The van der Waals surface area contributed by atoms with E-state index in [0.29, 0.717) is 19.2 Å². The summed E-state index contributed by atoms with van der Waals surface area (Å²) >= 11 is 0. The molecule has 0 aliphatic heterocycles. The molecule has 1 rings (SSSR count). The van der Waals surface area contributed by atoms with Gasteiger partial charge in [-0.15, -0.1) is 0 Å². The van der Waals surface area contributed by atoms with E-state index in [2.05, 4.69) is 37.0 Å². The Morgan fingerprint density at radius 2 is 2.21 bits per heavy atom. The van der Waals surface area contributed by atoms with Gasteiger partial charge >= 0.3 is 0 Å². The van der Waals surface area contributed by atoms with Gasteiger partial charge in [0.15, 0.2) is 0 Å². The van der Waals surface area contributed by atoms with Crippen molar-refractivity contribution in [2.75, 3.05) is 26.8 Å². The van der Waals surface area contributed by atoms with Gasteiger partial charge in [-0.1, -0.05) is 13.8 Å². The molecular formula is C14H28N4O. The maximum Gasteiger partial charge on any atom is 0.0615 e. The molecule has 0 saturated heterocycles. The van der Waals surface area contributed by atoms with Gasteiger partial charge in [-0.25, -0.2) is 0 Å². The van der Waals surface area contributed by atoms with Gasteiger partial charge in [0.2, 0.25) is 0 Å². The quantitative estimate of drug-likeness (QED) is 0.740. The first kappa shape index (κ1) is 16.1. The van der Waals surface area contributed by atoms with Crippen molar-refractivity contribution in [3.63, 3.8) is 0 Å². The van der Waals surface area contributed by atoms with E-state index in [0.717, 1.165) is 19.5 Å². The van der Waals surface area contributed by atoms with Gasteiger partial charge in [-0.3, -0.25) is 9.58 Å². The first-order valence-electron chi connectivity index (χ1n) is 7.14. The van der Waals surface area contributed by atoms with Gasteiger partial charge in [0.25, 0.3) is 0 Å². The van der Waals surface area contributed by atoms with Gasteiger partial charge in [0.1, 0.15) is 0 Å². The zero-order chi connectivity index (χ0) is 14.3. The average molecular weight is 268 g/mol. The molecule has 0 saturated carbocycles. The van der Waals surface area contributed by atoms with Gasteiger partial charge < -0.3 is 10.5 Å². The minimum absolute atomic E-state index is 0.209. The normalized spacial score (nSPS) is 14.8. The Bertz CT molecular complexity index is 353. The summed E-state index contributed by atoms with van der Waals surface area (Å²) in [5.41, 5.74) is 7.17. The molecule has 2 unspecified atom stereocenters. The summed E-state index contributed by atoms with van der Waals surface area (Å²) in [6, 6.07) is 0.554. The highest BCUT2D eigenvalue weighted by Crippen LogP contribution is 2.21. The zero-order valence-electron chi connectivity index (χ0n) is 12.7. The van der Waals surface area contributed by atoms with E-state index in [1.54, 1.807) is 7.11 Å². The van der Waals surface area contributed by atoms with Crippen LogP contribution < -0.4 is 5.73 Å². The van der Waals surface area contributed by atoms with Crippen LogP contribution in [0.3, 0.4) is 0 Å². The Balaban J connectivity index is 2.83. The van der Waals surface area contributed by atoms with E-state index < -0.39 is 0 Å². The monoisotopic (exact) mass is 268 g/mol. The van der Waals surface area contributed by atoms with Crippen molar-refractivity contribution >= 4 is 0 Å². The first-order valence-corrected chi connectivity index (χ1v) is 7.14. The van der Waals surface area contributed by atoms with Gasteiger partial charge in [-0.05, 0) is 19.9 Å². The van der Waals surface area contributed by atoms with E-state index in [9.17, 15) is 0 Å². The summed E-state index contributed by atoms with van der Waals surface area (Å²) < 4.78 is 7.25. The second-order valence-electron chi connectivity index (χ2n) is 4.92. The molecule has 2 atom stereocenters. The summed E-state index contributed by atoms with van der Waals surface area (Å²) in [5, 5.41) is 4.40. The van der Waals surface area contributed by atoms with Gasteiger partial charge in [0.05, 0.1) is 18.8 Å². The Kier molecular flexibility index (Phi) is 7.05. The van der Waals surface area contributed by atoms with Crippen LogP contribution >= 0.6 is 0 Å². The summed E-state index contributed by atoms with van der Waals surface area (Å²) in [7, 11) is 1.74. The molecular weight excluding hydrogens is 240 g/mol. The third-order valence-electron chi connectivity index (χ3n) is 3.45. The van der Waals surface area contributed by atoms with Crippen LogP contribution in [0.15, 0.2) is 12.4 Å². The molecule has 1 aromatic rings. The summed E-state index contributed by atoms with van der Waals surface area (Å²) in [4.78, 5) is 2.37. The molecule has 0 amide bonds. The van der Waals surface area contributed by atoms with Crippen LogP contribution in [-0.2, 0) is 11.3 Å². The van der Waals surface area contributed by atoms with Crippen LogP contribution in [0.5, 0.6) is 0 Å². The fraction of sp³-hybridized carbons (Fsp3) is 0.786. The largest absolute Gasteiger partial charge is 0.383 e. The highest BCUT2D eigenvalue weighted by Gasteiger charge is 2.23. The third-order valence-corrected chi connectivity index (χ3v) is 3.45. The Labute approximate surface area is 116 Å². The zero-order valence-corrected chi connectivity index (χ0v) is 12.7. The van der Waals surface area contributed by atoms with Crippen LogP contribution in [0.4, 0.5) is 0 Å². The number of likely N-dealkylation sites (N-methyl/N-ethyl adjacent to an activating group) is 1. The predicted octanol–water partition coefficient (Wildman–Crippen LogP) is 1.65. The van der Waals surface area contributed by atoms with Crippen LogP contribution in [0.1, 0.15) is 38.8 Å². The third kappa shape index (κ3) is 4.30. The molecule has 5 heteroatoms. The minimum atomic E-state index is 0.209. The van der Waals surface area contributed by atoms with Crippen LogP contribution in [-0.4, -0.2) is 47.5 Å². The molecule has 0 spiro atoms. The van der Waals surface area contributed by atoms with Crippen LogP contribution in [0.25, 0.3) is 0 Å². The molecule has 5 nitrogen and oxygen atoms in total. The van der Waals surface area contributed by atoms with Crippen LogP contribution in [0, 0.1) is 0 Å². The molecule has 19 heavy (non-hydrogen) atoms. The number of hydrogen-bond acceptors (Lipinski definition) is 4. The van der Waals surface area contributed by atoms with Crippen molar-refractivity contribution in [3.8, 4) is 0 Å². The van der Waals surface area contributed by atoms with Gasteiger partial charge in [0, 0.05) is 38.0 Å². The van der Waals surface area contributed by atoms with Crippen molar-refractivity contribution in [2.24, 2.45) is 5.73 Å². The van der Waals surface area contributed by atoms with E-state index in [1.807, 2.05) is 10.9 Å². The Morgan fingerprint density at radius 3 is 2.74 bits per heavy atom. The fourth-order valence-corrected chi connectivity index (χ4v) is 2.54. The number of aryl methyl sites for hydroxylation is 1. The Hall–Kier alpha value is -0.910. The number of hydrogen-bond donors (Lipinski definition) is 1. The fourth-order valence-electron chi connectivity index (χ4n) is 2.54. The van der Waals surface area contributed by atoms with E-state index in [4.69, 9.17) is 10.5 Å². The second kappa shape index (κ2) is 8.30. The Morgan fingerprint density at radius 1 is 1.47 bits per heavy atom. The standard InChI is InChI=1S/C14H28N4O/c1-5-7-17-10-13(9-16-17)14(8-15)18(6-2)12(3)11-19-4/h9-10,12,14H,5-8,11,15H2,1-4H3. The van der Waals surface area contributed by atoms with Crippen LogP contribution in [0.2, 0.25) is 0 Å². The topological polar surface area (TPSA) is 56.3 Å². The molecule has 0 bridgehead atoms. The molecule has 110 valence electrons. The number of aromatic nitrogens is 2. The van der Waals surface area contributed by atoms with Crippen molar-refractivity contribution in [2.45, 2.75) is 45.8 Å². The summed E-state index contributed by atoms with van der Waals surface area (Å²) in [6.45, 7) is 9.70. The molecule has 1 aromatic heterocycles. The smallest absolute Gasteiger partial charge is 0.0615 e.